The number of carbonyl (C=O) groups is 1. The van der Waals surface area contributed by atoms with Crippen LogP contribution < -0.4 is 4.90 Å². The number of hydrogen-bond acceptors (Lipinski definition) is 5. The standard InChI is InChI=1S/C22H20F2N4O2S/c23-14-11-17(24)20-19(12-14)31-22(26-20)28(6-5-27-7-9-30-10-8-27)21(29)16-13-25-18-4-2-1-3-15(16)18/h1-4,11-13,25H,5-10H2. The second kappa shape index (κ2) is 8.33. The van der Waals surface area contributed by atoms with Gasteiger partial charge in [-0.1, -0.05) is 29.5 Å². The molecule has 160 valence electrons. The summed E-state index contributed by atoms with van der Waals surface area (Å²) in [6, 6.07) is 9.61. The number of benzene rings is 2. The van der Waals surface area contributed by atoms with Crippen LogP contribution in [0.2, 0.25) is 0 Å². The van der Waals surface area contributed by atoms with Gasteiger partial charge in [0, 0.05) is 49.3 Å². The van der Waals surface area contributed by atoms with Crippen LogP contribution in [0.5, 0.6) is 0 Å². The zero-order valence-corrected chi connectivity index (χ0v) is 17.4. The van der Waals surface area contributed by atoms with Crippen LogP contribution in [0.15, 0.2) is 42.6 Å². The molecule has 1 fully saturated rings. The van der Waals surface area contributed by atoms with Crippen molar-refractivity contribution in [3.05, 3.63) is 59.8 Å². The molecule has 1 N–H and O–H groups in total. The van der Waals surface area contributed by atoms with Gasteiger partial charge in [-0.15, -0.1) is 0 Å². The molecule has 1 aliphatic heterocycles. The molecule has 5 rings (SSSR count). The Kier molecular flexibility index (Phi) is 5.39. The van der Waals surface area contributed by atoms with Gasteiger partial charge in [0.25, 0.3) is 5.91 Å². The Morgan fingerprint density at radius 2 is 2.03 bits per heavy atom. The van der Waals surface area contributed by atoms with E-state index in [9.17, 15) is 13.6 Å². The number of hydrogen-bond donors (Lipinski definition) is 1. The Hall–Kier alpha value is -2.88. The zero-order chi connectivity index (χ0) is 21.4. The van der Waals surface area contributed by atoms with Crippen LogP contribution in [0.25, 0.3) is 21.1 Å². The highest BCUT2D eigenvalue weighted by atomic mass is 32.1. The summed E-state index contributed by atoms with van der Waals surface area (Å²) in [5, 5.41) is 1.16. The quantitative estimate of drug-likeness (QED) is 0.507. The van der Waals surface area contributed by atoms with Crippen molar-refractivity contribution < 1.29 is 18.3 Å². The van der Waals surface area contributed by atoms with E-state index in [0.29, 0.717) is 41.7 Å². The minimum atomic E-state index is -0.731. The Balaban J connectivity index is 1.52. The molecule has 4 aromatic rings. The van der Waals surface area contributed by atoms with Crippen molar-refractivity contribution in [2.75, 3.05) is 44.3 Å². The van der Waals surface area contributed by atoms with E-state index in [1.54, 1.807) is 11.1 Å². The van der Waals surface area contributed by atoms with E-state index in [4.69, 9.17) is 4.74 Å². The van der Waals surface area contributed by atoms with E-state index >= 15 is 0 Å². The Morgan fingerprint density at radius 3 is 2.87 bits per heavy atom. The molecule has 0 atom stereocenters. The van der Waals surface area contributed by atoms with E-state index in [0.717, 1.165) is 41.4 Å². The summed E-state index contributed by atoms with van der Waals surface area (Å²) < 4.78 is 33.7. The molecule has 1 saturated heterocycles. The number of nitrogens with one attached hydrogen (secondary N) is 1. The fourth-order valence-corrected chi connectivity index (χ4v) is 4.83. The molecule has 3 heterocycles. The number of amides is 1. The lowest BCUT2D eigenvalue weighted by Gasteiger charge is -2.29. The number of para-hydroxylation sites is 1. The van der Waals surface area contributed by atoms with Crippen molar-refractivity contribution in [3.8, 4) is 0 Å². The zero-order valence-electron chi connectivity index (χ0n) is 16.6. The van der Waals surface area contributed by atoms with Gasteiger partial charge in [0.05, 0.1) is 23.5 Å². The first kappa shape index (κ1) is 20.0. The van der Waals surface area contributed by atoms with Crippen molar-refractivity contribution in [2.45, 2.75) is 0 Å². The maximum Gasteiger partial charge on any atom is 0.262 e. The molecule has 6 nitrogen and oxygen atoms in total. The van der Waals surface area contributed by atoms with Gasteiger partial charge in [-0.2, -0.15) is 0 Å². The molecule has 0 spiro atoms. The molecule has 2 aromatic carbocycles. The maximum absolute atomic E-state index is 14.3. The predicted octanol–water partition coefficient (Wildman–Crippen LogP) is 4.03. The maximum atomic E-state index is 14.3. The second-order valence-electron chi connectivity index (χ2n) is 7.39. The Bertz CT molecular complexity index is 1250. The van der Waals surface area contributed by atoms with E-state index in [1.807, 2.05) is 24.3 Å². The third-order valence-electron chi connectivity index (χ3n) is 5.44. The molecule has 2 aromatic heterocycles. The number of rotatable bonds is 5. The number of anilines is 1. The predicted molar refractivity (Wildman–Crippen MR) is 117 cm³/mol. The highest BCUT2D eigenvalue weighted by Crippen LogP contribution is 2.32. The normalized spacial score (nSPS) is 15.0. The topological polar surface area (TPSA) is 61.5 Å². The lowest BCUT2D eigenvalue weighted by atomic mass is 10.1. The summed E-state index contributed by atoms with van der Waals surface area (Å²) in [5.74, 6) is -1.63. The summed E-state index contributed by atoms with van der Waals surface area (Å²) in [4.78, 5) is 24.8. The number of H-pyrrole nitrogens is 1. The number of thiazole rings is 1. The second-order valence-corrected chi connectivity index (χ2v) is 8.40. The summed E-state index contributed by atoms with van der Waals surface area (Å²) in [6.07, 6.45) is 1.68. The van der Waals surface area contributed by atoms with Crippen molar-refractivity contribution in [1.29, 1.82) is 0 Å². The van der Waals surface area contributed by atoms with Crippen molar-refractivity contribution in [2.24, 2.45) is 0 Å². The first-order valence-corrected chi connectivity index (χ1v) is 10.9. The molecule has 0 radical (unpaired) electrons. The van der Waals surface area contributed by atoms with Gasteiger partial charge in [-0.3, -0.25) is 14.6 Å². The van der Waals surface area contributed by atoms with Gasteiger partial charge in [0.15, 0.2) is 10.9 Å². The van der Waals surface area contributed by atoms with Crippen molar-refractivity contribution in [1.82, 2.24) is 14.9 Å². The molecule has 0 aliphatic carbocycles. The van der Waals surface area contributed by atoms with Gasteiger partial charge >= 0.3 is 0 Å². The average Bonchev–Trinajstić information content (AvgIpc) is 3.39. The van der Waals surface area contributed by atoms with Crippen LogP contribution in [0, 0.1) is 11.6 Å². The molecule has 1 amide bonds. The summed E-state index contributed by atoms with van der Waals surface area (Å²) in [5.41, 5.74) is 1.45. The molecular weight excluding hydrogens is 422 g/mol. The molecule has 0 bridgehead atoms. The smallest absolute Gasteiger partial charge is 0.262 e. The minimum absolute atomic E-state index is 0.0736. The Labute approximate surface area is 181 Å². The van der Waals surface area contributed by atoms with Gasteiger partial charge in [0.1, 0.15) is 11.3 Å². The number of morpholine rings is 1. The lowest BCUT2D eigenvalue weighted by molar-refractivity contribution is 0.0391. The van der Waals surface area contributed by atoms with Crippen LogP contribution in [0.4, 0.5) is 13.9 Å². The van der Waals surface area contributed by atoms with Crippen molar-refractivity contribution >= 4 is 43.5 Å². The van der Waals surface area contributed by atoms with Crippen LogP contribution in [0.1, 0.15) is 10.4 Å². The molecule has 0 unspecified atom stereocenters. The van der Waals surface area contributed by atoms with Gasteiger partial charge < -0.3 is 9.72 Å². The van der Waals surface area contributed by atoms with E-state index in [-0.39, 0.29) is 11.4 Å². The largest absolute Gasteiger partial charge is 0.379 e. The molecule has 9 heteroatoms. The number of carbonyl (C=O) groups excluding carboxylic acids is 1. The fourth-order valence-electron chi connectivity index (χ4n) is 3.81. The Morgan fingerprint density at radius 1 is 1.23 bits per heavy atom. The monoisotopic (exact) mass is 442 g/mol. The van der Waals surface area contributed by atoms with E-state index in [1.165, 1.54) is 6.07 Å². The van der Waals surface area contributed by atoms with Crippen LogP contribution in [-0.2, 0) is 4.74 Å². The first-order valence-electron chi connectivity index (χ1n) is 10.0. The van der Waals surface area contributed by atoms with Gasteiger partial charge in [-0.05, 0) is 12.1 Å². The number of halogens is 2. The molecular formula is C22H20F2N4O2S. The van der Waals surface area contributed by atoms with Crippen LogP contribution >= 0.6 is 11.3 Å². The van der Waals surface area contributed by atoms with Gasteiger partial charge in [0.2, 0.25) is 0 Å². The number of aromatic nitrogens is 2. The highest BCUT2D eigenvalue weighted by Gasteiger charge is 2.25. The van der Waals surface area contributed by atoms with E-state index < -0.39 is 11.6 Å². The number of ether oxygens (including phenoxy) is 1. The summed E-state index contributed by atoms with van der Waals surface area (Å²) in [7, 11) is 0. The summed E-state index contributed by atoms with van der Waals surface area (Å²) in [6.45, 7) is 3.89. The third kappa shape index (κ3) is 3.91. The van der Waals surface area contributed by atoms with Gasteiger partial charge in [-0.25, -0.2) is 13.8 Å². The number of nitrogens with zero attached hydrogens (tertiary/aromatic N) is 3. The van der Waals surface area contributed by atoms with E-state index in [2.05, 4.69) is 14.9 Å². The third-order valence-corrected chi connectivity index (χ3v) is 6.47. The lowest BCUT2D eigenvalue weighted by Crippen LogP contribution is -2.43. The molecule has 31 heavy (non-hydrogen) atoms. The SMILES string of the molecule is O=C(c1c[nH]c2ccccc12)N(CCN1CCOCC1)c1nc2c(F)cc(F)cc2s1. The number of fused-ring (bicyclic) bond motifs is 2. The fraction of sp³-hybridized carbons (Fsp3) is 0.273. The average molecular weight is 442 g/mol. The van der Waals surface area contributed by atoms with Crippen LogP contribution in [0.3, 0.4) is 0 Å². The number of aromatic amines is 1. The van der Waals surface area contributed by atoms with Crippen molar-refractivity contribution in [3.63, 3.8) is 0 Å². The first-order chi connectivity index (χ1) is 15.1. The molecule has 1 aliphatic rings. The molecule has 0 saturated carbocycles. The van der Waals surface area contributed by atoms with Crippen LogP contribution in [-0.4, -0.2) is 60.2 Å². The minimum Gasteiger partial charge on any atom is -0.379 e. The highest BCUT2D eigenvalue weighted by molar-refractivity contribution is 7.22. The summed E-state index contributed by atoms with van der Waals surface area (Å²) >= 11 is 1.11.